The molecule has 0 aliphatic carbocycles. The second kappa shape index (κ2) is 6.91. The van der Waals surface area contributed by atoms with Gasteiger partial charge in [-0.05, 0) is 24.3 Å². The number of hydrogen-bond acceptors (Lipinski definition) is 6. The first-order chi connectivity index (χ1) is 14.0. The number of fused-ring (bicyclic) bond motifs is 3. The van der Waals surface area contributed by atoms with Crippen LogP contribution >= 0.6 is 11.8 Å². The molecule has 1 aromatic heterocycles. The Morgan fingerprint density at radius 1 is 0.966 bits per heavy atom. The van der Waals surface area contributed by atoms with Crippen LogP contribution in [0.1, 0.15) is 5.56 Å². The molecule has 5 rings (SSSR count). The van der Waals surface area contributed by atoms with Crippen LogP contribution in [-0.2, 0) is 6.18 Å². The number of alkyl halides is 3. The molecule has 0 saturated heterocycles. The first-order valence-electron chi connectivity index (χ1n) is 8.80. The van der Waals surface area contributed by atoms with Crippen LogP contribution in [0.25, 0.3) is 10.9 Å². The maximum absolute atomic E-state index is 13.7. The fourth-order valence-electron chi connectivity index (χ4n) is 3.22. The van der Waals surface area contributed by atoms with Crippen molar-refractivity contribution in [2.75, 3.05) is 19.2 Å². The van der Waals surface area contributed by atoms with E-state index < -0.39 is 11.7 Å². The summed E-state index contributed by atoms with van der Waals surface area (Å²) >= 11 is 1.19. The summed E-state index contributed by atoms with van der Waals surface area (Å²) in [5.41, 5.74) is -0.549. The number of halogens is 3. The summed E-state index contributed by atoms with van der Waals surface area (Å²) in [5.74, 6) is 2.36. The molecule has 0 fully saturated rings. The van der Waals surface area contributed by atoms with Crippen molar-refractivity contribution in [2.45, 2.75) is 17.3 Å². The molecule has 0 spiro atoms. The van der Waals surface area contributed by atoms with Crippen molar-refractivity contribution >= 4 is 22.7 Å². The van der Waals surface area contributed by atoms with Crippen LogP contribution in [0, 0.1) is 0 Å². The van der Waals surface area contributed by atoms with Gasteiger partial charge in [0.1, 0.15) is 12.7 Å². The summed E-state index contributed by atoms with van der Waals surface area (Å²) in [5, 5.41) is 0.239. The molecule has 9 heteroatoms. The molecule has 2 aliphatic rings. The van der Waals surface area contributed by atoms with Crippen molar-refractivity contribution in [1.29, 1.82) is 0 Å². The van der Waals surface area contributed by atoms with Crippen molar-refractivity contribution in [3.8, 4) is 23.0 Å². The largest absolute Gasteiger partial charge is 0.486 e. The lowest BCUT2D eigenvalue weighted by Gasteiger charge is -2.26. The van der Waals surface area contributed by atoms with Crippen molar-refractivity contribution in [1.82, 2.24) is 4.98 Å². The minimum atomic E-state index is -4.52. The van der Waals surface area contributed by atoms with E-state index in [1.165, 1.54) is 23.9 Å². The lowest BCUT2D eigenvalue weighted by Crippen LogP contribution is -2.31. The van der Waals surface area contributed by atoms with Gasteiger partial charge in [0.15, 0.2) is 23.0 Å². The van der Waals surface area contributed by atoms with Crippen LogP contribution in [0.2, 0.25) is 0 Å². The molecule has 0 amide bonds. The number of benzene rings is 2. The van der Waals surface area contributed by atoms with Gasteiger partial charge in [-0.25, -0.2) is 4.98 Å². The fourth-order valence-corrected chi connectivity index (χ4v) is 4.11. The molecule has 0 radical (unpaired) electrons. The Labute approximate surface area is 167 Å². The summed E-state index contributed by atoms with van der Waals surface area (Å²) in [7, 11) is 0. The lowest BCUT2D eigenvalue weighted by molar-refractivity contribution is -0.136. The maximum atomic E-state index is 13.7. The second-order valence-corrected chi connectivity index (χ2v) is 7.58. The number of rotatable bonds is 3. The van der Waals surface area contributed by atoms with Gasteiger partial charge in [-0.2, -0.15) is 13.2 Å². The molecule has 5 nitrogen and oxygen atoms in total. The Bertz CT molecular complexity index is 1090. The van der Waals surface area contributed by atoms with Crippen LogP contribution < -0.4 is 18.9 Å². The van der Waals surface area contributed by atoms with E-state index in [4.69, 9.17) is 18.9 Å². The molecule has 3 heterocycles. The number of nitrogens with zero attached hydrogens (tertiary/aromatic N) is 1. The van der Waals surface area contributed by atoms with E-state index in [1.54, 1.807) is 6.07 Å². The van der Waals surface area contributed by atoms with Crippen LogP contribution in [0.4, 0.5) is 13.2 Å². The Balaban J connectivity index is 1.42. The van der Waals surface area contributed by atoms with E-state index in [-0.39, 0.29) is 34.6 Å². The van der Waals surface area contributed by atoms with Gasteiger partial charge in [0.05, 0.1) is 16.1 Å². The molecule has 2 aromatic carbocycles. The molecule has 3 aromatic rings. The lowest BCUT2D eigenvalue weighted by atomic mass is 10.1. The zero-order valence-electron chi connectivity index (χ0n) is 14.9. The molecule has 29 heavy (non-hydrogen) atoms. The van der Waals surface area contributed by atoms with E-state index >= 15 is 0 Å². The minimum Gasteiger partial charge on any atom is -0.486 e. The SMILES string of the molecule is FC(F)(F)c1cc(SCC2COc3ccccc3O2)nc2cc3c(cc12)OCO3. The molecule has 0 N–H and O–H groups in total. The summed E-state index contributed by atoms with van der Waals surface area (Å²) in [6.45, 7) is 0.303. The molecule has 0 saturated carbocycles. The van der Waals surface area contributed by atoms with Gasteiger partial charge >= 0.3 is 6.18 Å². The van der Waals surface area contributed by atoms with Crippen molar-refractivity contribution in [3.05, 3.63) is 48.0 Å². The summed E-state index contributed by atoms with van der Waals surface area (Å²) in [4.78, 5) is 4.39. The predicted molar refractivity (Wildman–Crippen MR) is 99.9 cm³/mol. The summed E-state index contributed by atoms with van der Waals surface area (Å²) < 4.78 is 63.0. The predicted octanol–water partition coefficient (Wildman–Crippen LogP) is 4.91. The number of pyridine rings is 1. The van der Waals surface area contributed by atoms with Gasteiger partial charge in [0, 0.05) is 17.2 Å². The van der Waals surface area contributed by atoms with Gasteiger partial charge in [-0.3, -0.25) is 0 Å². The zero-order chi connectivity index (χ0) is 20.0. The monoisotopic (exact) mass is 421 g/mol. The third kappa shape index (κ3) is 3.50. The molecule has 2 aliphatic heterocycles. The average Bonchev–Trinajstić information content (AvgIpc) is 3.16. The molecular weight excluding hydrogens is 407 g/mol. The molecule has 0 bridgehead atoms. The van der Waals surface area contributed by atoms with Crippen LogP contribution in [-0.4, -0.2) is 30.2 Å². The van der Waals surface area contributed by atoms with Gasteiger partial charge in [-0.1, -0.05) is 12.1 Å². The molecule has 150 valence electrons. The molecule has 1 atom stereocenters. The van der Waals surface area contributed by atoms with Crippen LogP contribution in [0.5, 0.6) is 23.0 Å². The van der Waals surface area contributed by atoms with Crippen LogP contribution in [0.15, 0.2) is 47.5 Å². The van der Waals surface area contributed by atoms with E-state index in [0.717, 1.165) is 6.07 Å². The number of ether oxygens (including phenoxy) is 4. The second-order valence-electron chi connectivity index (χ2n) is 6.54. The van der Waals surface area contributed by atoms with Crippen molar-refractivity contribution < 1.29 is 32.1 Å². The first-order valence-corrected chi connectivity index (χ1v) is 9.79. The Morgan fingerprint density at radius 3 is 2.52 bits per heavy atom. The van der Waals surface area contributed by atoms with Gasteiger partial charge in [0.25, 0.3) is 0 Å². The Morgan fingerprint density at radius 2 is 1.72 bits per heavy atom. The quantitative estimate of drug-likeness (QED) is 0.560. The summed E-state index contributed by atoms with van der Waals surface area (Å²) in [6, 6.07) is 11.2. The Kier molecular flexibility index (Phi) is 4.34. The Hall–Kier alpha value is -2.81. The number of thioether (sulfide) groups is 1. The topological polar surface area (TPSA) is 49.8 Å². The van der Waals surface area contributed by atoms with E-state index in [9.17, 15) is 13.2 Å². The van der Waals surface area contributed by atoms with E-state index in [0.29, 0.717) is 29.6 Å². The third-order valence-electron chi connectivity index (χ3n) is 4.57. The van der Waals surface area contributed by atoms with E-state index in [1.807, 2.05) is 18.2 Å². The number of para-hydroxylation sites is 2. The third-order valence-corrected chi connectivity index (χ3v) is 5.61. The number of hydrogen-bond donors (Lipinski definition) is 0. The summed E-state index contributed by atoms with van der Waals surface area (Å²) in [6.07, 6.45) is -4.81. The first kappa shape index (κ1) is 18.2. The van der Waals surface area contributed by atoms with Crippen molar-refractivity contribution in [2.24, 2.45) is 0 Å². The highest BCUT2D eigenvalue weighted by Gasteiger charge is 2.34. The van der Waals surface area contributed by atoms with Crippen LogP contribution in [0.3, 0.4) is 0 Å². The zero-order valence-corrected chi connectivity index (χ0v) is 15.7. The maximum Gasteiger partial charge on any atom is 0.417 e. The molecular formula is C20H14F3NO4S. The average molecular weight is 421 g/mol. The normalized spacial score (nSPS) is 17.6. The molecule has 1 unspecified atom stereocenters. The van der Waals surface area contributed by atoms with Gasteiger partial charge in [-0.15, -0.1) is 11.8 Å². The smallest absolute Gasteiger partial charge is 0.417 e. The van der Waals surface area contributed by atoms with Gasteiger partial charge in [0.2, 0.25) is 6.79 Å². The minimum absolute atomic E-state index is 0.0164. The highest BCUT2D eigenvalue weighted by Crippen LogP contribution is 2.42. The van der Waals surface area contributed by atoms with E-state index in [2.05, 4.69) is 4.98 Å². The fraction of sp³-hybridized carbons (Fsp3) is 0.250. The van der Waals surface area contributed by atoms with Crippen molar-refractivity contribution in [3.63, 3.8) is 0 Å². The van der Waals surface area contributed by atoms with Gasteiger partial charge < -0.3 is 18.9 Å². The number of aromatic nitrogens is 1. The highest BCUT2D eigenvalue weighted by molar-refractivity contribution is 7.99. The standard InChI is InChI=1S/C20H14F3NO4S/c21-20(22,23)13-6-19(24-14-7-18-17(5-12(13)14)26-10-27-18)29-9-11-8-25-15-3-1-2-4-16(15)28-11/h1-7,11H,8-10H2. The highest BCUT2D eigenvalue weighted by atomic mass is 32.2.